The van der Waals surface area contributed by atoms with Gasteiger partial charge in [-0.1, -0.05) is 18.2 Å². The van der Waals surface area contributed by atoms with Gasteiger partial charge >= 0.3 is 0 Å². The summed E-state index contributed by atoms with van der Waals surface area (Å²) in [6, 6.07) is 7.37. The van der Waals surface area contributed by atoms with E-state index in [0.29, 0.717) is 12.1 Å². The van der Waals surface area contributed by atoms with Gasteiger partial charge in [-0.15, -0.1) is 0 Å². The van der Waals surface area contributed by atoms with Gasteiger partial charge in [0.05, 0.1) is 11.4 Å². The van der Waals surface area contributed by atoms with Crippen LogP contribution in [0, 0.1) is 0 Å². The lowest BCUT2D eigenvalue weighted by Gasteiger charge is -2.19. The Balaban J connectivity index is 2.25. The van der Waals surface area contributed by atoms with Crippen molar-refractivity contribution in [2.75, 3.05) is 16.8 Å². The monoisotopic (exact) mass is 244 g/mol. The zero-order chi connectivity index (χ0) is 13.0. The fourth-order valence-electron chi connectivity index (χ4n) is 2.04. The van der Waals surface area contributed by atoms with E-state index in [-0.39, 0.29) is 11.8 Å². The number of nitrogens with zero attached hydrogens (tertiary/aromatic N) is 1. The molecule has 18 heavy (non-hydrogen) atoms. The summed E-state index contributed by atoms with van der Waals surface area (Å²) in [6.45, 7) is 2.50. The smallest absolute Gasteiger partial charge is 0.248 e. The van der Waals surface area contributed by atoms with Crippen LogP contribution < -0.4 is 10.2 Å². The highest BCUT2D eigenvalue weighted by Crippen LogP contribution is 2.29. The molecule has 0 spiro atoms. The predicted octanol–water partition coefficient (Wildman–Crippen LogP) is 2.33. The lowest BCUT2D eigenvalue weighted by molar-refractivity contribution is -0.117. The van der Waals surface area contributed by atoms with Crippen LogP contribution in [0.2, 0.25) is 0 Å². The molecule has 0 saturated carbocycles. The number of carbonyl (C=O) groups excluding carboxylic acids is 2. The van der Waals surface area contributed by atoms with Crippen molar-refractivity contribution in [2.24, 2.45) is 0 Å². The third kappa shape index (κ3) is 2.59. The number of nitrogens with one attached hydrogen (secondary N) is 1. The first kappa shape index (κ1) is 12.4. The third-order valence-corrected chi connectivity index (χ3v) is 2.84. The second-order valence-electron chi connectivity index (χ2n) is 4.16. The number of rotatable bonds is 3. The zero-order valence-electron chi connectivity index (χ0n) is 10.3. The molecule has 1 heterocycles. The molecule has 1 aromatic carbocycles. The van der Waals surface area contributed by atoms with Gasteiger partial charge in [-0.3, -0.25) is 9.59 Å². The number of carbonyl (C=O) groups is 2. The van der Waals surface area contributed by atoms with Gasteiger partial charge in [-0.05, 0) is 31.6 Å². The lowest BCUT2D eigenvalue weighted by Crippen LogP contribution is -2.25. The van der Waals surface area contributed by atoms with Gasteiger partial charge < -0.3 is 10.2 Å². The molecule has 2 rings (SSSR count). The molecule has 0 aliphatic carbocycles. The van der Waals surface area contributed by atoms with Crippen LogP contribution in [0.5, 0.6) is 0 Å². The molecule has 0 aromatic heterocycles. The van der Waals surface area contributed by atoms with Crippen molar-refractivity contribution in [3.05, 3.63) is 36.4 Å². The quantitative estimate of drug-likeness (QED) is 0.829. The van der Waals surface area contributed by atoms with Crippen LogP contribution in [0.1, 0.15) is 19.8 Å². The van der Waals surface area contributed by atoms with E-state index in [4.69, 9.17) is 0 Å². The molecule has 4 heteroatoms. The van der Waals surface area contributed by atoms with Crippen molar-refractivity contribution in [3.8, 4) is 0 Å². The molecule has 1 aliphatic heterocycles. The van der Waals surface area contributed by atoms with E-state index in [0.717, 1.165) is 18.7 Å². The molecule has 0 radical (unpaired) electrons. The van der Waals surface area contributed by atoms with Crippen LogP contribution in [0.3, 0.4) is 0 Å². The van der Waals surface area contributed by atoms with Gasteiger partial charge in [0.2, 0.25) is 11.8 Å². The fraction of sp³-hybridized carbons (Fsp3) is 0.286. The predicted molar refractivity (Wildman–Crippen MR) is 71.5 cm³/mol. The second kappa shape index (κ2) is 5.49. The number of allylic oxidation sites excluding steroid dienone is 1. The van der Waals surface area contributed by atoms with Crippen LogP contribution >= 0.6 is 0 Å². The molecule has 1 N–H and O–H groups in total. The normalized spacial score (nSPS) is 15.4. The average Bonchev–Trinajstić information content (AvgIpc) is 2.76. The van der Waals surface area contributed by atoms with Gasteiger partial charge in [0, 0.05) is 13.0 Å². The van der Waals surface area contributed by atoms with Crippen molar-refractivity contribution < 1.29 is 9.59 Å². The summed E-state index contributed by atoms with van der Waals surface area (Å²) < 4.78 is 0. The van der Waals surface area contributed by atoms with Crippen LogP contribution in [0.15, 0.2) is 36.4 Å². The number of amides is 2. The Kier molecular flexibility index (Phi) is 3.77. The van der Waals surface area contributed by atoms with Crippen molar-refractivity contribution in [1.29, 1.82) is 0 Å². The minimum atomic E-state index is -0.184. The van der Waals surface area contributed by atoms with Gasteiger partial charge in [0.25, 0.3) is 0 Å². The minimum absolute atomic E-state index is 0.114. The number of benzene rings is 1. The van der Waals surface area contributed by atoms with Gasteiger partial charge in [0.1, 0.15) is 0 Å². The summed E-state index contributed by atoms with van der Waals surface area (Å²) >= 11 is 0. The Hall–Kier alpha value is -2.10. The Morgan fingerprint density at radius 2 is 2.17 bits per heavy atom. The first-order valence-electron chi connectivity index (χ1n) is 6.05. The molecule has 1 fully saturated rings. The second-order valence-corrected chi connectivity index (χ2v) is 4.16. The molecule has 4 nitrogen and oxygen atoms in total. The Morgan fingerprint density at radius 1 is 1.39 bits per heavy atom. The molecule has 1 saturated heterocycles. The summed E-state index contributed by atoms with van der Waals surface area (Å²) in [4.78, 5) is 25.0. The maximum Gasteiger partial charge on any atom is 0.248 e. The first-order valence-corrected chi connectivity index (χ1v) is 6.05. The summed E-state index contributed by atoms with van der Waals surface area (Å²) in [5.74, 6) is -0.0701. The number of hydrogen-bond acceptors (Lipinski definition) is 2. The first-order chi connectivity index (χ1) is 8.72. The lowest BCUT2D eigenvalue weighted by atomic mass is 10.2. The third-order valence-electron chi connectivity index (χ3n) is 2.84. The Morgan fingerprint density at radius 3 is 2.83 bits per heavy atom. The van der Waals surface area contributed by atoms with Crippen molar-refractivity contribution in [3.63, 3.8) is 0 Å². The summed E-state index contributed by atoms with van der Waals surface area (Å²) in [5.41, 5.74) is 1.45. The van der Waals surface area contributed by atoms with Crippen LogP contribution in [0.25, 0.3) is 0 Å². The Labute approximate surface area is 106 Å². The van der Waals surface area contributed by atoms with E-state index in [1.54, 1.807) is 17.9 Å². The highest BCUT2D eigenvalue weighted by atomic mass is 16.2. The molecule has 94 valence electrons. The molecule has 0 bridgehead atoms. The Bertz CT molecular complexity index is 494. The van der Waals surface area contributed by atoms with E-state index in [1.807, 2.05) is 24.3 Å². The van der Waals surface area contributed by atoms with Gasteiger partial charge in [-0.25, -0.2) is 0 Å². The standard InChI is InChI=1S/C14H16N2O2/c1-2-6-13(17)15-11-7-3-4-8-12(11)16-10-5-9-14(16)18/h2-4,6-8H,5,9-10H2,1H3,(H,15,17). The fourth-order valence-corrected chi connectivity index (χ4v) is 2.04. The summed E-state index contributed by atoms with van der Waals surface area (Å²) in [6.07, 6.45) is 4.59. The maximum atomic E-state index is 11.7. The number of hydrogen-bond donors (Lipinski definition) is 1. The van der Waals surface area contributed by atoms with E-state index >= 15 is 0 Å². The molecule has 0 atom stereocenters. The number of para-hydroxylation sites is 2. The van der Waals surface area contributed by atoms with Crippen LogP contribution in [-0.2, 0) is 9.59 Å². The van der Waals surface area contributed by atoms with Gasteiger partial charge in [0.15, 0.2) is 0 Å². The van der Waals surface area contributed by atoms with Crippen LogP contribution in [0.4, 0.5) is 11.4 Å². The molecular formula is C14H16N2O2. The highest BCUT2D eigenvalue weighted by Gasteiger charge is 2.23. The van der Waals surface area contributed by atoms with Crippen molar-refractivity contribution >= 4 is 23.2 Å². The van der Waals surface area contributed by atoms with Crippen LogP contribution in [-0.4, -0.2) is 18.4 Å². The van der Waals surface area contributed by atoms with E-state index in [2.05, 4.69) is 5.32 Å². The highest BCUT2D eigenvalue weighted by molar-refractivity contribution is 6.05. The minimum Gasteiger partial charge on any atom is -0.321 e. The largest absolute Gasteiger partial charge is 0.321 e. The van der Waals surface area contributed by atoms with Gasteiger partial charge in [-0.2, -0.15) is 0 Å². The number of anilines is 2. The van der Waals surface area contributed by atoms with E-state index < -0.39 is 0 Å². The molecular weight excluding hydrogens is 228 g/mol. The molecule has 0 unspecified atom stereocenters. The molecule has 2 amide bonds. The maximum absolute atomic E-state index is 11.7. The summed E-state index contributed by atoms with van der Waals surface area (Å²) in [5, 5.41) is 2.79. The van der Waals surface area contributed by atoms with Crippen molar-refractivity contribution in [2.45, 2.75) is 19.8 Å². The summed E-state index contributed by atoms with van der Waals surface area (Å²) in [7, 11) is 0. The van der Waals surface area contributed by atoms with E-state index in [9.17, 15) is 9.59 Å². The SMILES string of the molecule is CC=CC(=O)Nc1ccccc1N1CCCC1=O. The van der Waals surface area contributed by atoms with E-state index in [1.165, 1.54) is 6.08 Å². The van der Waals surface area contributed by atoms with Crippen molar-refractivity contribution in [1.82, 2.24) is 0 Å². The molecule has 1 aromatic rings. The average molecular weight is 244 g/mol. The molecule has 1 aliphatic rings. The topological polar surface area (TPSA) is 49.4 Å². The zero-order valence-corrected chi connectivity index (χ0v) is 10.3.